The third-order valence-electron chi connectivity index (χ3n) is 3.05. The van der Waals surface area contributed by atoms with Gasteiger partial charge >= 0.3 is 5.97 Å². The molecule has 0 aromatic heterocycles. The zero-order valence-electron chi connectivity index (χ0n) is 11.3. The largest absolute Gasteiger partial charge is 0.508 e. The molecule has 2 aromatic rings. The minimum absolute atomic E-state index is 0.0572. The predicted octanol–water partition coefficient (Wildman–Crippen LogP) is 1.95. The average molecular weight is 286 g/mol. The molecule has 0 aliphatic heterocycles. The number of amides is 1. The van der Waals surface area contributed by atoms with Gasteiger partial charge in [0.1, 0.15) is 5.75 Å². The second kappa shape index (κ2) is 5.54. The molecule has 0 heterocycles. The van der Waals surface area contributed by atoms with Gasteiger partial charge in [-0.2, -0.15) is 0 Å². The number of hydrogen-bond acceptors (Lipinski definition) is 4. The van der Waals surface area contributed by atoms with Gasteiger partial charge in [-0.05, 0) is 42.5 Å². The van der Waals surface area contributed by atoms with Crippen molar-refractivity contribution in [3.8, 4) is 5.75 Å². The number of phenolic OH excluding ortho intramolecular Hbond substituents is 1. The maximum atomic E-state index is 12.3. The number of carboxylic acid groups (broad SMARTS) is 1. The van der Waals surface area contributed by atoms with E-state index in [1.165, 1.54) is 47.4 Å². The first kappa shape index (κ1) is 14.4. The van der Waals surface area contributed by atoms with Crippen molar-refractivity contribution in [1.82, 2.24) is 0 Å². The summed E-state index contributed by atoms with van der Waals surface area (Å²) in [5.74, 6) is -1.33. The Morgan fingerprint density at radius 1 is 1.05 bits per heavy atom. The van der Waals surface area contributed by atoms with E-state index in [1.807, 2.05) is 0 Å². The van der Waals surface area contributed by atoms with Crippen LogP contribution in [0.5, 0.6) is 5.75 Å². The lowest BCUT2D eigenvalue weighted by Gasteiger charge is -2.19. The first-order valence-corrected chi connectivity index (χ1v) is 6.10. The molecular formula is C15H14N2O4. The molecule has 0 atom stereocenters. The van der Waals surface area contributed by atoms with Crippen LogP contribution < -0.4 is 10.6 Å². The summed E-state index contributed by atoms with van der Waals surface area (Å²) in [4.78, 5) is 24.5. The molecule has 2 aromatic carbocycles. The number of aromatic carboxylic acids is 1. The van der Waals surface area contributed by atoms with Crippen molar-refractivity contribution in [2.45, 2.75) is 0 Å². The molecule has 108 valence electrons. The Morgan fingerprint density at radius 3 is 2.14 bits per heavy atom. The fourth-order valence-corrected chi connectivity index (χ4v) is 1.90. The topological polar surface area (TPSA) is 104 Å². The Kier molecular flexibility index (Phi) is 3.80. The van der Waals surface area contributed by atoms with E-state index in [0.717, 1.165) is 0 Å². The van der Waals surface area contributed by atoms with E-state index in [4.69, 9.17) is 10.8 Å². The molecule has 6 heteroatoms. The molecular weight excluding hydrogens is 272 g/mol. The van der Waals surface area contributed by atoms with Gasteiger partial charge in [0.05, 0.1) is 16.9 Å². The van der Waals surface area contributed by atoms with Crippen LogP contribution >= 0.6 is 0 Å². The minimum atomic E-state index is -1.08. The maximum absolute atomic E-state index is 12.3. The highest BCUT2D eigenvalue weighted by Crippen LogP contribution is 2.25. The molecule has 0 spiro atoms. The smallest absolute Gasteiger partial charge is 0.335 e. The quantitative estimate of drug-likeness (QED) is 0.748. The molecule has 0 aliphatic carbocycles. The van der Waals surface area contributed by atoms with Crippen LogP contribution in [0.15, 0.2) is 42.5 Å². The number of anilines is 2. The summed E-state index contributed by atoms with van der Waals surface area (Å²) in [5, 5.41) is 18.1. The number of phenols is 1. The summed E-state index contributed by atoms with van der Waals surface area (Å²) in [6.07, 6.45) is 0. The highest BCUT2D eigenvalue weighted by molar-refractivity contribution is 6.07. The number of rotatable bonds is 3. The number of carboxylic acids is 1. The molecule has 4 N–H and O–H groups in total. The molecule has 1 amide bonds. The predicted molar refractivity (Wildman–Crippen MR) is 78.7 cm³/mol. The van der Waals surface area contributed by atoms with Crippen LogP contribution in [-0.2, 0) is 0 Å². The Balaban J connectivity index is 2.31. The van der Waals surface area contributed by atoms with Crippen LogP contribution in [0.3, 0.4) is 0 Å². The van der Waals surface area contributed by atoms with Gasteiger partial charge < -0.3 is 20.8 Å². The fourth-order valence-electron chi connectivity index (χ4n) is 1.90. The van der Waals surface area contributed by atoms with Crippen molar-refractivity contribution in [2.75, 3.05) is 17.7 Å². The van der Waals surface area contributed by atoms with E-state index in [0.29, 0.717) is 11.3 Å². The zero-order chi connectivity index (χ0) is 15.6. The summed E-state index contributed by atoms with van der Waals surface area (Å²) in [6.45, 7) is 0. The standard InChI is InChI=1S/C15H14N2O4/c1-17(14(19)9-2-5-11(18)6-3-9)13-7-4-10(15(20)21)8-12(13)16/h2-8,18H,16H2,1H3,(H,20,21). The normalized spacial score (nSPS) is 10.1. The van der Waals surface area contributed by atoms with Gasteiger partial charge in [-0.3, -0.25) is 4.79 Å². The van der Waals surface area contributed by atoms with E-state index in [-0.39, 0.29) is 22.9 Å². The summed E-state index contributed by atoms with van der Waals surface area (Å²) in [5.41, 5.74) is 6.86. The number of carbonyl (C=O) groups excluding carboxylic acids is 1. The molecule has 0 unspecified atom stereocenters. The number of carbonyl (C=O) groups is 2. The summed E-state index contributed by atoms with van der Waals surface area (Å²) in [7, 11) is 1.54. The lowest BCUT2D eigenvalue weighted by molar-refractivity contribution is 0.0697. The average Bonchev–Trinajstić information content (AvgIpc) is 2.46. The minimum Gasteiger partial charge on any atom is -0.508 e. The van der Waals surface area contributed by atoms with Gasteiger partial charge in [-0.25, -0.2) is 4.79 Å². The van der Waals surface area contributed by atoms with Gasteiger partial charge in [-0.1, -0.05) is 0 Å². The van der Waals surface area contributed by atoms with E-state index in [2.05, 4.69) is 0 Å². The molecule has 21 heavy (non-hydrogen) atoms. The molecule has 2 rings (SSSR count). The van der Waals surface area contributed by atoms with E-state index in [9.17, 15) is 14.7 Å². The molecule has 0 bridgehead atoms. The first-order valence-electron chi connectivity index (χ1n) is 6.10. The lowest BCUT2D eigenvalue weighted by Crippen LogP contribution is -2.27. The Hall–Kier alpha value is -3.02. The van der Waals surface area contributed by atoms with Gasteiger partial charge in [0, 0.05) is 12.6 Å². The fraction of sp³-hybridized carbons (Fsp3) is 0.0667. The van der Waals surface area contributed by atoms with Crippen LogP contribution in [0, 0.1) is 0 Å². The molecule has 0 radical (unpaired) electrons. The number of benzene rings is 2. The zero-order valence-corrected chi connectivity index (χ0v) is 11.3. The Bertz CT molecular complexity index is 695. The Labute approximate surface area is 121 Å². The van der Waals surface area contributed by atoms with Crippen molar-refractivity contribution in [3.63, 3.8) is 0 Å². The van der Waals surface area contributed by atoms with E-state index >= 15 is 0 Å². The summed E-state index contributed by atoms with van der Waals surface area (Å²) >= 11 is 0. The van der Waals surface area contributed by atoms with E-state index < -0.39 is 5.97 Å². The highest BCUT2D eigenvalue weighted by Gasteiger charge is 2.16. The SMILES string of the molecule is CN(C(=O)c1ccc(O)cc1)c1ccc(C(=O)O)cc1N. The Morgan fingerprint density at radius 2 is 1.62 bits per heavy atom. The van der Waals surface area contributed by atoms with Crippen molar-refractivity contribution in [1.29, 1.82) is 0 Å². The number of nitrogens with zero attached hydrogens (tertiary/aromatic N) is 1. The molecule has 0 fully saturated rings. The molecule has 0 saturated carbocycles. The van der Waals surface area contributed by atoms with Crippen molar-refractivity contribution >= 4 is 23.3 Å². The number of hydrogen-bond donors (Lipinski definition) is 3. The van der Waals surface area contributed by atoms with Gasteiger partial charge in [0.15, 0.2) is 0 Å². The van der Waals surface area contributed by atoms with Crippen LogP contribution in [0.1, 0.15) is 20.7 Å². The van der Waals surface area contributed by atoms with Crippen molar-refractivity contribution < 1.29 is 19.8 Å². The third-order valence-corrected chi connectivity index (χ3v) is 3.05. The molecule has 6 nitrogen and oxygen atoms in total. The second-order valence-electron chi connectivity index (χ2n) is 4.49. The van der Waals surface area contributed by atoms with Crippen molar-refractivity contribution in [3.05, 3.63) is 53.6 Å². The lowest BCUT2D eigenvalue weighted by atomic mass is 10.1. The van der Waals surface area contributed by atoms with Gasteiger partial charge in [0.2, 0.25) is 0 Å². The molecule has 0 aliphatic rings. The maximum Gasteiger partial charge on any atom is 0.335 e. The van der Waals surface area contributed by atoms with Gasteiger partial charge in [0.25, 0.3) is 5.91 Å². The third kappa shape index (κ3) is 2.94. The van der Waals surface area contributed by atoms with E-state index in [1.54, 1.807) is 7.05 Å². The summed E-state index contributed by atoms with van der Waals surface area (Å²) < 4.78 is 0. The van der Waals surface area contributed by atoms with Crippen LogP contribution in [-0.4, -0.2) is 29.1 Å². The highest BCUT2D eigenvalue weighted by atomic mass is 16.4. The van der Waals surface area contributed by atoms with Crippen LogP contribution in [0.4, 0.5) is 11.4 Å². The first-order chi connectivity index (χ1) is 9.90. The second-order valence-corrected chi connectivity index (χ2v) is 4.49. The summed E-state index contributed by atoms with van der Waals surface area (Å²) in [6, 6.07) is 9.99. The van der Waals surface area contributed by atoms with Crippen LogP contribution in [0.2, 0.25) is 0 Å². The molecule has 0 saturated heterocycles. The number of nitrogen functional groups attached to an aromatic ring is 1. The van der Waals surface area contributed by atoms with Gasteiger partial charge in [-0.15, -0.1) is 0 Å². The van der Waals surface area contributed by atoms with Crippen LogP contribution in [0.25, 0.3) is 0 Å². The monoisotopic (exact) mass is 286 g/mol. The number of aromatic hydroxyl groups is 1. The van der Waals surface area contributed by atoms with Crippen molar-refractivity contribution in [2.24, 2.45) is 0 Å². The number of nitrogens with two attached hydrogens (primary N) is 1.